The second-order valence-corrected chi connectivity index (χ2v) is 15.6. The Labute approximate surface area is 352 Å². The molecule has 0 atom stereocenters. The Morgan fingerprint density at radius 1 is 0.279 bits per heavy atom. The Bertz CT molecular complexity index is 3560. The fourth-order valence-corrected chi connectivity index (χ4v) is 9.12. The van der Waals surface area contributed by atoms with Gasteiger partial charge in [0.15, 0.2) is 17.5 Å². The van der Waals surface area contributed by atoms with Gasteiger partial charge in [-0.05, 0) is 67.9 Å². The molecule has 2 heterocycles. The summed E-state index contributed by atoms with van der Waals surface area (Å²) < 4.78 is 2.51. The van der Waals surface area contributed by atoms with Crippen LogP contribution in [0.15, 0.2) is 218 Å². The van der Waals surface area contributed by atoms with Crippen LogP contribution in [0, 0.1) is 0 Å². The molecule has 0 aliphatic heterocycles. The normalized spacial score (nSPS) is 11.6. The van der Waals surface area contributed by atoms with Crippen molar-refractivity contribution in [2.75, 3.05) is 0 Å². The Balaban J connectivity index is 1.21. The fraction of sp³-hybridized carbons (Fsp3) is 0. The first-order valence-electron chi connectivity index (χ1n) is 20.7. The number of benzene rings is 10. The maximum absolute atomic E-state index is 5.27. The molecule has 4 heteroatoms. The summed E-state index contributed by atoms with van der Waals surface area (Å²) in [5, 5.41) is 9.50. The molecule has 0 N–H and O–H groups in total. The molecule has 0 unspecified atom stereocenters. The predicted molar refractivity (Wildman–Crippen MR) is 254 cm³/mol. The van der Waals surface area contributed by atoms with Crippen LogP contribution in [0.4, 0.5) is 0 Å². The van der Waals surface area contributed by atoms with Crippen molar-refractivity contribution in [2.45, 2.75) is 0 Å². The Hall–Kier alpha value is -8.21. The van der Waals surface area contributed by atoms with Gasteiger partial charge in [-0.1, -0.05) is 194 Å². The number of aromatic nitrogens is 4. The van der Waals surface area contributed by atoms with E-state index in [1.54, 1.807) is 0 Å². The number of nitrogens with zero attached hydrogens (tertiary/aromatic N) is 4. The zero-order valence-corrected chi connectivity index (χ0v) is 33.1. The fourth-order valence-electron chi connectivity index (χ4n) is 9.12. The van der Waals surface area contributed by atoms with E-state index in [2.05, 4.69) is 187 Å². The van der Waals surface area contributed by atoms with Crippen LogP contribution < -0.4 is 0 Å². The van der Waals surface area contributed by atoms with Crippen LogP contribution in [0.3, 0.4) is 0 Å². The number of fused-ring (bicyclic) bond motifs is 7. The highest BCUT2D eigenvalue weighted by molar-refractivity contribution is 6.24. The molecule has 0 radical (unpaired) electrons. The molecule has 0 fully saturated rings. The average molecular weight is 777 g/mol. The van der Waals surface area contributed by atoms with E-state index < -0.39 is 0 Å². The third kappa shape index (κ3) is 5.88. The zero-order valence-electron chi connectivity index (χ0n) is 33.1. The lowest BCUT2D eigenvalue weighted by Gasteiger charge is -2.20. The smallest absolute Gasteiger partial charge is 0.164 e. The van der Waals surface area contributed by atoms with Crippen LogP contribution in [-0.4, -0.2) is 19.5 Å². The summed E-state index contributed by atoms with van der Waals surface area (Å²) in [7, 11) is 0. The van der Waals surface area contributed by atoms with Gasteiger partial charge in [0.25, 0.3) is 0 Å². The van der Waals surface area contributed by atoms with E-state index >= 15 is 0 Å². The molecule has 0 saturated carbocycles. The molecular formula is C57H36N4. The molecule has 4 nitrogen and oxygen atoms in total. The first-order chi connectivity index (χ1) is 30.2. The Morgan fingerprint density at radius 2 is 0.770 bits per heavy atom. The van der Waals surface area contributed by atoms with Crippen LogP contribution >= 0.6 is 0 Å². The van der Waals surface area contributed by atoms with Crippen molar-refractivity contribution in [3.63, 3.8) is 0 Å². The second-order valence-electron chi connectivity index (χ2n) is 15.6. The van der Waals surface area contributed by atoms with Gasteiger partial charge < -0.3 is 4.57 Å². The lowest BCUT2D eigenvalue weighted by Crippen LogP contribution is -2.03. The van der Waals surface area contributed by atoms with E-state index in [4.69, 9.17) is 15.0 Å². The number of rotatable bonds is 6. The van der Waals surface area contributed by atoms with Crippen molar-refractivity contribution in [1.29, 1.82) is 0 Å². The summed E-state index contributed by atoms with van der Waals surface area (Å²) in [6, 6.07) is 77.8. The van der Waals surface area contributed by atoms with Crippen LogP contribution in [0.25, 0.3) is 116 Å². The minimum Gasteiger partial charge on any atom is -0.308 e. The summed E-state index contributed by atoms with van der Waals surface area (Å²) >= 11 is 0. The van der Waals surface area contributed by atoms with Gasteiger partial charge in [0.05, 0.1) is 16.7 Å². The summed E-state index contributed by atoms with van der Waals surface area (Å²) in [6.07, 6.45) is 0. The van der Waals surface area contributed by atoms with E-state index in [0.29, 0.717) is 17.5 Å². The molecule has 61 heavy (non-hydrogen) atoms. The molecule has 0 bridgehead atoms. The summed E-state index contributed by atoms with van der Waals surface area (Å²) in [6.45, 7) is 0. The quantitative estimate of drug-likeness (QED) is 0.169. The third-order valence-electron chi connectivity index (χ3n) is 12.0. The van der Waals surface area contributed by atoms with E-state index in [9.17, 15) is 0 Å². The van der Waals surface area contributed by atoms with Gasteiger partial charge in [-0.2, -0.15) is 0 Å². The lowest BCUT2D eigenvalue weighted by molar-refractivity contribution is 1.08. The first kappa shape index (κ1) is 34.8. The summed E-state index contributed by atoms with van der Waals surface area (Å²) in [5.74, 6) is 1.89. The van der Waals surface area contributed by atoms with Crippen LogP contribution in [-0.2, 0) is 0 Å². The Kier molecular flexibility index (Phi) is 8.13. The van der Waals surface area contributed by atoms with Crippen molar-refractivity contribution in [3.05, 3.63) is 218 Å². The van der Waals surface area contributed by atoms with Gasteiger partial charge in [-0.25, -0.2) is 15.0 Å². The standard InChI is InChI=1S/C57H36N4/c1-4-16-37(17-5-1)38-28-30-40(31-29-38)48-36-49(57-59-55(41-19-6-2-7-20-41)58-56(60-57)42-21-8-3-9-22-42)46-26-14-15-27-47(46)54(48)61-51-33-32-39-18-12-13-25-45(39)53(51)50-34-43-23-10-11-24-44(43)35-52(50)61/h1-36H. The van der Waals surface area contributed by atoms with E-state index in [1.807, 2.05) is 36.4 Å². The van der Waals surface area contributed by atoms with Gasteiger partial charge in [0, 0.05) is 38.4 Å². The average Bonchev–Trinajstić information content (AvgIpc) is 3.66. The van der Waals surface area contributed by atoms with Gasteiger partial charge in [-0.15, -0.1) is 0 Å². The highest BCUT2D eigenvalue weighted by Gasteiger charge is 2.24. The van der Waals surface area contributed by atoms with Gasteiger partial charge in [0.2, 0.25) is 0 Å². The minimum absolute atomic E-state index is 0.622. The molecule has 0 amide bonds. The topological polar surface area (TPSA) is 43.6 Å². The Morgan fingerprint density at radius 3 is 1.43 bits per heavy atom. The molecule has 12 rings (SSSR count). The second kappa shape index (κ2) is 14.3. The van der Waals surface area contributed by atoms with E-state index in [1.165, 1.54) is 43.4 Å². The molecule has 0 aliphatic rings. The minimum atomic E-state index is 0.622. The molecular weight excluding hydrogens is 741 g/mol. The molecule has 2 aromatic heterocycles. The van der Waals surface area contributed by atoms with Gasteiger partial charge >= 0.3 is 0 Å². The largest absolute Gasteiger partial charge is 0.308 e. The molecule has 0 spiro atoms. The van der Waals surface area contributed by atoms with Crippen molar-refractivity contribution in [2.24, 2.45) is 0 Å². The number of hydrogen-bond donors (Lipinski definition) is 0. The number of hydrogen-bond acceptors (Lipinski definition) is 3. The maximum Gasteiger partial charge on any atom is 0.164 e. The van der Waals surface area contributed by atoms with Crippen molar-refractivity contribution in [1.82, 2.24) is 19.5 Å². The molecule has 284 valence electrons. The molecule has 10 aromatic carbocycles. The monoisotopic (exact) mass is 776 g/mol. The van der Waals surface area contributed by atoms with Crippen LogP contribution in [0.2, 0.25) is 0 Å². The van der Waals surface area contributed by atoms with Gasteiger partial charge in [0.1, 0.15) is 0 Å². The predicted octanol–water partition coefficient (Wildman–Crippen LogP) is 14.8. The molecule has 0 saturated heterocycles. The summed E-state index contributed by atoms with van der Waals surface area (Å²) in [5.41, 5.74) is 10.8. The highest BCUT2D eigenvalue weighted by atomic mass is 15.0. The highest BCUT2D eigenvalue weighted by Crippen LogP contribution is 2.46. The lowest BCUT2D eigenvalue weighted by atomic mass is 9.92. The zero-order chi connectivity index (χ0) is 40.3. The van der Waals surface area contributed by atoms with Crippen LogP contribution in [0.1, 0.15) is 0 Å². The molecule has 0 aliphatic carbocycles. The first-order valence-corrected chi connectivity index (χ1v) is 20.7. The third-order valence-corrected chi connectivity index (χ3v) is 12.0. The van der Waals surface area contributed by atoms with Crippen molar-refractivity contribution in [3.8, 4) is 62.1 Å². The van der Waals surface area contributed by atoms with Crippen molar-refractivity contribution >= 4 is 54.1 Å². The molecule has 12 aromatic rings. The van der Waals surface area contributed by atoms with Crippen LogP contribution in [0.5, 0.6) is 0 Å². The van der Waals surface area contributed by atoms with Gasteiger partial charge in [-0.3, -0.25) is 0 Å². The maximum atomic E-state index is 5.27. The van der Waals surface area contributed by atoms with E-state index in [0.717, 1.165) is 55.3 Å². The van der Waals surface area contributed by atoms with Crippen molar-refractivity contribution < 1.29 is 0 Å². The van der Waals surface area contributed by atoms with E-state index in [-0.39, 0.29) is 0 Å². The SMILES string of the molecule is c1ccc(-c2ccc(-c3cc(-c4nc(-c5ccccc5)nc(-c5ccccc5)n4)c4ccccc4c3-n3c4cc5ccccc5cc4c4c5ccccc5ccc43)cc2)cc1. The summed E-state index contributed by atoms with van der Waals surface area (Å²) in [4.78, 5) is 15.6.